The van der Waals surface area contributed by atoms with Crippen LogP contribution in [0.25, 0.3) is 33.6 Å². The van der Waals surface area contributed by atoms with Gasteiger partial charge in [0.15, 0.2) is 0 Å². The minimum Gasteiger partial charge on any atom is -0.488 e. The highest BCUT2D eigenvalue weighted by Crippen LogP contribution is 2.44. The summed E-state index contributed by atoms with van der Waals surface area (Å²) in [5.41, 5.74) is 11.2. The fraction of sp³-hybridized carbons (Fsp3) is 0.182. The number of benzene rings is 2. The predicted molar refractivity (Wildman–Crippen MR) is 115 cm³/mol. The number of ether oxygens (including phenoxy) is 1. The highest BCUT2D eigenvalue weighted by Gasteiger charge is 2.23. The Balaban J connectivity index is 1.65. The maximum atomic E-state index is 6.19. The Hall–Kier alpha value is -2.91. The van der Waals surface area contributed by atoms with Crippen molar-refractivity contribution in [2.75, 3.05) is 0 Å². The van der Waals surface area contributed by atoms with Gasteiger partial charge in [-0.1, -0.05) is 9.24 Å². The van der Waals surface area contributed by atoms with Crippen LogP contribution >= 0.6 is 9.24 Å². The van der Waals surface area contributed by atoms with Crippen molar-refractivity contribution in [1.82, 2.24) is 19.9 Å². The van der Waals surface area contributed by atoms with Crippen LogP contribution in [0, 0.1) is 20.8 Å². The van der Waals surface area contributed by atoms with Gasteiger partial charge in [0.2, 0.25) is 0 Å². The van der Waals surface area contributed by atoms with Crippen LogP contribution in [0.3, 0.4) is 0 Å². The van der Waals surface area contributed by atoms with Crippen LogP contribution in [0.4, 0.5) is 0 Å². The molecule has 4 aromatic rings. The first kappa shape index (κ1) is 17.2. The summed E-state index contributed by atoms with van der Waals surface area (Å²) >= 11 is 0. The van der Waals surface area contributed by atoms with Crippen molar-refractivity contribution in [1.29, 1.82) is 0 Å². The largest absolute Gasteiger partial charge is 0.488 e. The molecule has 6 heteroatoms. The van der Waals surface area contributed by atoms with E-state index in [0.717, 1.165) is 39.7 Å². The van der Waals surface area contributed by atoms with Gasteiger partial charge in [-0.3, -0.25) is 0 Å². The molecule has 5 nitrogen and oxygen atoms in total. The molecule has 0 bridgehead atoms. The predicted octanol–water partition coefficient (Wildman–Crippen LogP) is 4.45. The Kier molecular flexibility index (Phi) is 3.88. The Morgan fingerprint density at radius 1 is 0.857 bits per heavy atom. The molecule has 3 heterocycles. The number of hydrogen-bond donors (Lipinski definition) is 2. The number of aryl methyl sites for hydroxylation is 3. The monoisotopic (exact) mass is 388 g/mol. The second-order valence-electron chi connectivity index (χ2n) is 7.35. The summed E-state index contributed by atoms with van der Waals surface area (Å²) in [6.45, 7) is 6.83. The molecule has 2 aromatic heterocycles. The van der Waals surface area contributed by atoms with E-state index in [1.807, 2.05) is 19.3 Å². The fourth-order valence-corrected chi connectivity index (χ4v) is 4.27. The Bertz CT molecular complexity index is 1130. The molecule has 1 aliphatic heterocycles. The third-order valence-electron chi connectivity index (χ3n) is 5.27. The fourth-order valence-electron chi connectivity index (χ4n) is 4.04. The summed E-state index contributed by atoms with van der Waals surface area (Å²) in [6, 6.07) is 8.74. The average molecular weight is 388 g/mol. The highest BCUT2D eigenvalue weighted by molar-refractivity contribution is 7.26. The number of hydrogen-bond acceptors (Lipinski definition) is 3. The topological polar surface area (TPSA) is 66.6 Å². The van der Waals surface area contributed by atoms with E-state index in [1.165, 1.54) is 27.8 Å². The lowest BCUT2D eigenvalue weighted by Gasteiger charge is -2.25. The number of fused-ring (bicyclic) bond motifs is 3. The smallest absolute Gasteiger partial charge is 0.128 e. The van der Waals surface area contributed by atoms with Crippen LogP contribution in [0.5, 0.6) is 5.75 Å². The second kappa shape index (κ2) is 6.32. The van der Waals surface area contributed by atoms with Crippen molar-refractivity contribution in [2.45, 2.75) is 27.4 Å². The Labute approximate surface area is 165 Å². The minimum atomic E-state index is 0.559. The van der Waals surface area contributed by atoms with Crippen LogP contribution < -0.4 is 10.3 Å². The van der Waals surface area contributed by atoms with Gasteiger partial charge in [0, 0.05) is 16.7 Å². The molecular weight excluding hydrogens is 367 g/mol. The van der Waals surface area contributed by atoms with Gasteiger partial charge in [-0.25, -0.2) is 9.97 Å². The number of aromatic amines is 2. The maximum absolute atomic E-state index is 6.19. The first-order valence-electron chi connectivity index (χ1n) is 9.24. The van der Waals surface area contributed by atoms with E-state index in [1.54, 1.807) is 0 Å². The summed E-state index contributed by atoms with van der Waals surface area (Å²) in [7, 11) is 2.60. The molecule has 1 aliphatic rings. The van der Waals surface area contributed by atoms with Gasteiger partial charge < -0.3 is 14.7 Å². The van der Waals surface area contributed by atoms with Gasteiger partial charge in [0.25, 0.3) is 0 Å². The van der Waals surface area contributed by atoms with Crippen LogP contribution in [-0.2, 0) is 6.61 Å². The Morgan fingerprint density at radius 3 is 2.21 bits per heavy atom. The van der Waals surface area contributed by atoms with E-state index in [-0.39, 0.29) is 0 Å². The molecule has 2 N–H and O–H groups in total. The van der Waals surface area contributed by atoms with E-state index in [4.69, 9.17) is 4.74 Å². The van der Waals surface area contributed by atoms with E-state index in [9.17, 15) is 0 Å². The van der Waals surface area contributed by atoms with Gasteiger partial charge in [-0.15, -0.1) is 0 Å². The zero-order chi connectivity index (χ0) is 19.4. The molecular formula is C22H21N4OP. The molecule has 0 spiro atoms. The first-order valence-corrected chi connectivity index (χ1v) is 9.81. The summed E-state index contributed by atoms with van der Waals surface area (Å²) < 4.78 is 6.19. The minimum absolute atomic E-state index is 0.559. The number of H-pyrrole nitrogens is 2. The lowest BCUT2D eigenvalue weighted by atomic mass is 9.87. The van der Waals surface area contributed by atoms with Crippen LogP contribution in [0.15, 0.2) is 36.7 Å². The van der Waals surface area contributed by atoms with E-state index in [2.05, 4.69) is 67.3 Å². The average Bonchev–Trinajstić information content (AvgIpc) is 3.29. The van der Waals surface area contributed by atoms with Crippen molar-refractivity contribution in [3.63, 3.8) is 0 Å². The number of nitrogens with zero attached hydrogens (tertiary/aromatic N) is 2. The molecule has 0 saturated heterocycles. The number of nitrogens with one attached hydrogen (secondary N) is 2. The normalized spacial score (nSPS) is 12.4. The van der Waals surface area contributed by atoms with Crippen molar-refractivity contribution in [2.24, 2.45) is 0 Å². The highest BCUT2D eigenvalue weighted by atomic mass is 31.0. The van der Waals surface area contributed by atoms with Gasteiger partial charge in [-0.2, -0.15) is 0 Å². The van der Waals surface area contributed by atoms with Crippen molar-refractivity contribution < 1.29 is 4.74 Å². The molecule has 0 saturated carbocycles. The summed E-state index contributed by atoms with van der Waals surface area (Å²) in [6.07, 6.45) is 3.74. The lowest BCUT2D eigenvalue weighted by molar-refractivity contribution is 0.302. The third kappa shape index (κ3) is 2.74. The van der Waals surface area contributed by atoms with E-state index in [0.29, 0.717) is 6.61 Å². The SMILES string of the molecule is Cc1ncc(-c2cc(C)c3c(c2)OCc2cc(-c4cnc(P)[nH]4)cc(C)c2-3)[nH]1. The van der Waals surface area contributed by atoms with Gasteiger partial charge in [0.1, 0.15) is 23.7 Å². The zero-order valence-corrected chi connectivity index (χ0v) is 17.2. The maximum Gasteiger partial charge on any atom is 0.128 e. The molecule has 2 aromatic carbocycles. The van der Waals surface area contributed by atoms with Gasteiger partial charge in [0.05, 0.1) is 23.8 Å². The van der Waals surface area contributed by atoms with Crippen molar-refractivity contribution >= 4 is 14.8 Å². The quantitative estimate of drug-likeness (QED) is 0.499. The van der Waals surface area contributed by atoms with E-state index >= 15 is 0 Å². The molecule has 28 heavy (non-hydrogen) atoms. The molecule has 5 rings (SSSR count). The molecule has 0 aliphatic carbocycles. The standard InChI is InChI=1S/C22H21N4OP/c1-11-4-14(18-9-24-22(28)26-18)6-16-10-27-19-7-15(17-8-23-13(3)25-17)5-12(2)21(19)20(11)16/h4-9H,10,28H2,1-3H3,(H,23,25)(H,24,26). The molecule has 1 atom stereocenters. The summed E-state index contributed by atoms with van der Waals surface area (Å²) in [5.74, 6) is 1.84. The molecule has 1 unspecified atom stereocenters. The molecule has 140 valence electrons. The third-order valence-corrected chi connectivity index (χ3v) is 5.56. The number of aromatic nitrogens is 4. The molecule has 0 radical (unpaired) electrons. The zero-order valence-electron chi connectivity index (χ0n) is 16.1. The number of rotatable bonds is 2. The second-order valence-corrected chi connectivity index (χ2v) is 7.89. The molecule has 0 fully saturated rings. The molecule has 0 amide bonds. The van der Waals surface area contributed by atoms with Crippen LogP contribution in [0.1, 0.15) is 22.5 Å². The van der Waals surface area contributed by atoms with E-state index < -0.39 is 0 Å². The van der Waals surface area contributed by atoms with Crippen molar-refractivity contribution in [3.05, 3.63) is 59.2 Å². The number of imidazole rings is 2. The Morgan fingerprint density at radius 2 is 1.54 bits per heavy atom. The van der Waals surface area contributed by atoms with Crippen LogP contribution in [-0.4, -0.2) is 19.9 Å². The van der Waals surface area contributed by atoms with Crippen LogP contribution in [0.2, 0.25) is 0 Å². The lowest BCUT2D eigenvalue weighted by Crippen LogP contribution is -2.09. The van der Waals surface area contributed by atoms with Gasteiger partial charge in [-0.05, 0) is 67.3 Å². The van der Waals surface area contributed by atoms with Crippen molar-refractivity contribution in [3.8, 4) is 39.4 Å². The van der Waals surface area contributed by atoms with Gasteiger partial charge >= 0.3 is 0 Å². The summed E-state index contributed by atoms with van der Waals surface area (Å²) in [4.78, 5) is 15.2. The first-order chi connectivity index (χ1) is 13.5. The summed E-state index contributed by atoms with van der Waals surface area (Å²) in [5, 5.41) is 0.